The standard InChI is InChI=1S/C19H19N3O4S2/c1-12(17(24)20-9-13-3-5-14(25-2)6-4-13)26-16(23)10-28-19-15-7-8-27-18(15)21-11-22-19/h3-8,11-12H,9-10H2,1-2H3,(H,20,24)/t12-/m0/s1. The highest BCUT2D eigenvalue weighted by Gasteiger charge is 2.18. The van der Waals surface area contributed by atoms with E-state index in [0.717, 1.165) is 26.6 Å². The second kappa shape index (κ2) is 9.52. The van der Waals surface area contributed by atoms with Gasteiger partial charge in [-0.05, 0) is 36.1 Å². The first kappa shape index (κ1) is 20.1. The largest absolute Gasteiger partial charge is 0.497 e. The Kier molecular flexibility index (Phi) is 6.83. The average Bonchev–Trinajstić information content (AvgIpc) is 3.20. The van der Waals surface area contributed by atoms with Gasteiger partial charge in [-0.15, -0.1) is 11.3 Å². The molecule has 0 radical (unpaired) electrons. The van der Waals surface area contributed by atoms with Crippen molar-refractivity contribution in [3.8, 4) is 5.75 Å². The fourth-order valence-electron chi connectivity index (χ4n) is 2.37. The molecule has 28 heavy (non-hydrogen) atoms. The van der Waals surface area contributed by atoms with Gasteiger partial charge in [0.2, 0.25) is 0 Å². The van der Waals surface area contributed by atoms with E-state index < -0.39 is 12.1 Å². The van der Waals surface area contributed by atoms with Crippen LogP contribution in [0.3, 0.4) is 0 Å². The first-order valence-electron chi connectivity index (χ1n) is 8.48. The molecule has 0 saturated carbocycles. The van der Waals surface area contributed by atoms with Crippen molar-refractivity contribution in [1.82, 2.24) is 15.3 Å². The molecule has 0 aliphatic heterocycles. The molecule has 2 heterocycles. The van der Waals surface area contributed by atoms with Gasteiger partial charge in [0.15, 0.2) is 6.10 Å². The molecule has 3 aromatic rings. The van der Waals surface area contributed by atoms with Crippen LogP contribution in [0.15, 0.2) is 47.1 Å². The quantitative estimate of drug-likeness (QED) is 0.342. The number of esters is 1. The van der Waals surface area contributed by atoms with Gasteiger partial charge in [-0.2, -0.15) is 0 Å². The Labute approximate surface area is 170 Å². The van der Waals surface area contributed by atoms with Crippen LogP contribution < -0.4 is 10.1 Å². The number of aromatic nitrogens is 2. The smallest absolute Gasteiger partial charge is 0.317 e. The van der Waals surface area contributed by atoms with Gasteiger partial charge in [0.05, 0.1) is 12.9 Å². The number of methoxy groups -OCH3 is 1. The lowest BCUT2D eigenvalue weighted by Crippen LogP contribution is -2.35. The number of hydrogen-bond acceptors (Lipinski definition) is 8. The summed E-state index contributed by atoms with van der Waals surface area (Å²) in [7, 11) is 1.60. The van der Waals surface area contributed by atoms with Crippen molar-refractivity contribution in [3.63, 3.8) is 0 Å². The minimum Gasteiger partial charge on any atom is -0.497 e. The summed E-state index contributed by atoms with van der Waals surface area (Å²) < 4.78 is 10.3. The Balaban J connectivity index is 1.45. The number of thiophene rings is 1. The number of nitrogens with one attached hydrogen (secondary N) is 1. The number of fused-ring (bicyclic) bond motifs is 1. The second-order valence-corrected chi connectivity index (χ2v) is 7.66. The molecule has 9 heteroatoms. The average molecular weight is 418 g/mol. The summed E-state index contributed by atoms with van der Waals surface area (Å²) in [5, 5.41) is 6.32. The lowest BCUT2D eigenvalue weighted by atomic mass is 10.2. The highest BCUT2D eigenvalue weighted by Crippen LogP contribution is 2.27. The highest BCUT2D eigenvalue weighted by atomic mass is 32.2. The fraction of sp³-hybridized carbons (Fsp3) is 0.263. The SMILES string of the molecule is COc1ccc(CNC(=O)[C@H](C)OC(=O)CSc2ncnc3sccc23)cc1. The second-order valence-electron chi connectivity index (χ2n) is 5.80. The van der Waals surface area contributed by atoms with E-state index in [1.807, 2.05) is 35.7 Å². The molecule has 1 amide bonds. The van der Waals surface area contributed by atoms with Gasteiger partial charge in [0.1, 0.15) is 21.9 Å². The Hall–Kier alpha value is -2.65. The Morgan fingerprint density at radius 2 is 2.00 bits per heavy atom. The minimum absolute atomic E-state index is 0.0675. The van der Waals surface area contributed by atoms with E-state index in [4.69, 9.17) is 9.47 Å². The normalized spacial score (nSPS) is 11.8. The van der Waals surface area contributed by atoms with Gasteiger partial charge < -0.3 is 14.8 Å². The molecular formula is C19H19N3O4S2. The molecule has 7 nitrogen and oxygen atoms in total. The van der Waals surface area contributed by atoms with Crippen LogP contribution in [-0.4, -0.2) is 40.8 Å². The Morgan fingerprint density at radius 3 is 2.75 bits per heavy atom. The topological polar surface area (TPSA) is 90.4 Å². The van der Waals surface area contributed by atoms with Gasteiger partial charge in [-0.1, -0.05) is 23.9 Å². The zero-order valence-electron chi connectivity index (χ0n) is 15.4. The number of ether oxygens (including phenoxy) is 2. The van der Waals surface area contributed by atoms with Crippen molar-refractivity contribution in [3.05, 3.63) is 47.6 Å². The summed E-state index contributed by atoms with van der Waals surface area (Å²) >= 11 is 2.78. The van der Waals surface area contributed by atoms with E-state index in [1.54, 1.807) is 14.0 Å². The summed E-state index contributed by atoms with van der Waals surface area (Å²) in [6.07, 6.45) is 0.597. The van der Waals surface area contributed by atoms with Gasteiger partial charge in [0, 0.05) is 11.9 Å². The molecule has 3 rings (SSSR count). The van der Waals surface area contributed by atoms with E-state index in [-0.39, 0.29) is 11.7 Å². The molecule has 2 aromatic heterocycles. The molecule has 0 saturated heterocycles. The molecule has 0 unspecified atom stereocenters. The molecule has 1 N–H and O–H groups in total. The fourth-order valence-corrected chi connectivity index (χ4v) is 3.93. The molecule has 1 aromatic carbocycles. The van der Waals surface area contributed by atoms with Crippen LogP contribution >= 0.6 is 23.1 Å². The van der Waals surface area contributed by atoms with Crippen molar-refractivity contribution in [2.75, 3.05) is 12.9 Å². The number of amides is 1. The zero-order valence-corrected chi connectivity index (χ0v) is 17.0. The predicted octanol–water partition coefficient (Wildman–Crippen LogP) is 3.04. The number of carbonyl (C=O) groups excluding carboxylic acids is 2. The predicted molar refractivity (Wildman–Crippen MR) is 109 cm³/mol. The van der Waals surface area contributed by atoms with Crippen LogP contribution in [0.1, 0.15) is 12.5 Å². The maximum atomic E-state index is 12.2. The van der Waals surface area contributed by atoms with Crippen molar-refractivity contribution >= 4 is 45.2 Å². The molecule has 0 bridgehead atoms. The van der Waals surface area contributed by atoms with E-state index >= 15 is 0 Å². The van der Waals surface area contributed by atoms with Crippen LogP contribution in [0.4, 0.5) is 0 Å². The number of benzene rings is 1. The van der Waals surface area contributed by atoms with E-state index in [2.05, 4.69) is 15.3 Å². The summed E-state index contributed by atoms with van der Waals surface area (Å²) in [5.41, 5.74) is 0.923. The first-order valence-corrected chi connectivity index (χ1v) is 10.3. The number of thioether (sulfide) groups is 1. The third-order valence-corrected chi connectivity index (χ3v) is 5.65. The van der Waals surface area contributed by atoms with Crippen molar-refractivity contribution in [2.45, 2.75) is 24.6 Å². The summed E-state index contributed by atoms with van der Waals surface area (Å²) in [4.78, 5) is 33.5. The van der Waals surface area contributed by atoms with Crippen molar-refractivity contribution in [1.29, 1.82) is 0 Å². The monoisotopic (exact) mass is 417 g/mol. The van der Waals surface area contributed by atoms with Crippen LogP contribution in [0, 0.1) is 0 Å². The zero-order chi connectivity index (χ0) is 19.9. The number of hydrogen-bond donors (Lipinski definition) is 1. The van der Waals surface area contributed by atoms with Crippen LogP contribution in [0.25, 0.3) is 10.2 Å². The Morgan fingerprint density at radius 1 is 1.21 bits per heavy atom. The van der Waals surface area contributed by atoms with Gasteiger partial charge in [-0.25, -0.2) is 9.97 Å². The molecule has 1 atom stereocenters. The number of carbonyl (C=O) groups is 2. The highest BCUT2D eigenvalue weighted by molar-refractivity contribution is 8.00. The Bertz CT molecular complexity index is 959. The van der Waals surface area contributed by atoms with Crippen LogP contribution in [-0.2, 0) is 20.9 Å². The lowest BCUT2D eigenvalue weighted by molar-refractivity contribution is -0.152. The third-order valence-electron chi connectivity index (χ3n) is 3.86. The van der Waals surface area contributed by atoms with Crippen LogP contribution in [0.5, 0.6) is 5.75 Å². The number of nitrogens with zero attached hydrogens (tertiary/aromatic N) is 2. The summed E-state index contributed by atoms with van der Waals surface area (Å²) in [5.74, 6) is -0.00766. The van der Waals surface area contributed by atoms with Crippen molar-refractivity contribution in [2.24, 2.45) is 0 Å². The van der Waals surface area contributed by atoms with E-state index in [0.29, 0.717) is 6.54 Å². The molecule has 0 fully saturated rings. The van der Waals surface area contributed by atoms with Gasteiger partial charge >= 0.3 is 5.97 Å². The molecule has 146 valence electrons. The minimum atomic E-state index is -0.877. The molecular weight excluding hydrogens is 398 g/mol. The summed E-state index contributed by atoms with van der Waals surface area (Å²) in [6.45, 7) is 1.89. The van der Waals surface area contributed by atoms with E-state index in [1.165, 1.54) is 29.4 Å². The van der Waals surface area contributed by atoms with E-state index in [9.17, 15) is 9.59 Å². The third kappa shape index (κ3) is 5.20. The molecule has 0 aliphatic carbocycles. The first-order chi connectivity index (χ1) is 13.6. The maximum absolute atomic E-state index is 12.2. The molecule has 0 aliphatic rings. The molecule has 0 spiro atoms. The number of rotatable bonds is 8. The van der Waals surface area contributed by atoms with Crippen molar-refractivity contribution < 1.29 is 19.1 Å². The van der Waals surface area contributed by atoms with Gasteiger partial charge in [-0.3, -0.25) is 9.59 Å². The lowest BCUT2D eigenvalue weighted by Gasteiger charge is -2.13. The summed E-state index contributed by atoms with van der Waals surface area (Å²) in [6, 6.07) is 9.28. The van der Waals surface area contributed by atoms with Crippen LogP contribution in [0.2, 0.25) is 0 Å². The van der Waals surface area contributed by atoms with Gasteiger partial charge in [0.25, 0.3) is 5.91 Å². The maximum Gasteiger partial charge on any atom is 0.317 e.